The number of hydrogen-bond donors (Lipinski definition) is 1. The minimum atomic E-state index is -0.789. The maximum absolute atomic E-state index is 13.1. The topological polar surface area (TPSA) is 92.9 Å². The highest BCUT2D eigenvalue weighted by molar-refractivity contribution is 6.05. The molecule has 2 fully saturated rings. The summed E-state index contributed by atoms with van der Waals surface area (Å²) in [7, 11) is 0. The van der Waals surface area contributed by atoms with E-state index >= 15 is 0 Å². The maximum atomic E-state index is 13.1. The lowest BCUT2D eigenvalue weighted by molar-refractivity contribution is -0.136. The van der Waals surface area contributed by atoms with Gasteiger partial charge in [0.15, 0.2) is 5.69 Å². The van der Waals surface area contributed by atoms with E-state index in [-0.39, 0.29) is 36.4 Å². The van der Waals surface area contributed by atoms with Crippen LogP contribution >= 0.6 is 0 Å². The van der Waals surface area contributed by atoms with Crippen molar-refractivity contribution in [2.75, 3.05) is 11.4 Å². The molecule has 1 aromatic carbocycles. The summed E-state index contributed by atoms with van der Waals surface area (Å²) in [6.07, 6.45) is 9.96. The van der Waals surface area contributed by atoms with Gasteiger partial charge < -0.3 is 19.2 Å². The zero-order valence-electron chi connectivity index (χ0n) is 17.3. The molecular weight excluding hydrogens is 396 g/mol. The molecule has 1 aromatic heterocycles. The lowest BCUT2D eigenvalue weighted by atomic mass is 9.77. The Morgan fingerprint density at radius 1 is 1.19 bits per heavy atom. The zero-order valence-corrected chi connectivity index (χ0v) is 17.3. The van der Waals surface area contributed by atoms with E-state index in [1.807, 2.05) is 30.4 Å². The van der Waals surface area contributed by atoms with E-state index in [0.717, 1.165) is 31.4 Å². The van der Waals surface area contributed by atoms with Gasteiger partial charge in [0.05, 0.1) is 18.1 Å². The summed E-state index contributed by atoms with van der Waals surface area (Å²) < 4.78 is 12.0. The predicted molar refractivity (Wildman–Crippen MR) is 113 cm³/mol. The summed E-state index contributed by atoms with van der Waals surface area (Å²) >= 11 is 0. The fourth-order valence-electron chi connectivity index (χ4n) is 5.22. The van der Waals surface area contributed by atoms with E-state index in [9.17, 15) is 9.59 Å². The Bertz CT molecular complexity index is 1010. The van der Waals surface area contributed by atoms with Crippen LogP contribution in [-0.2, 0) is 16.0 Å². The molecule has 31 heavy (non-hydrogen) atoms. The second kappa shape index (κ2) is 8.30. The number of aliphatic carboxylic acids is 1. The number of carboxylic acid groups (broad SMARTS) is 1. The van der Waals surface area contributed by atoms with E-state index in [0.29, 0.717) is 24.6 Å². The number of carbonyl (C=O) groups is 2. The molecule has 0 spiro atoms. The molecule has 1 N–H and O–H groups in total. The first kappa shape index (κ1) is 20.0. The van der Waals surface area contributed by atoms with Crippen molar-refractivity contribution in [3.8, 4) is 0 Å². The monoisotopic (exact) mass is 422 g/mol. The first-order valence-electron chi connectivity index (χ1n) is 11.0. The van der Waals surface area contributed by atoms with Gasteiger partial charge in [-0.05, 0) is 43.7 Å². The maximum Gasteiger partial charge on any atom is 0.303 e. The van der Waals surface area contributed by atoms with E-state index in [4.69, 9.17) is 14.3 Å². The number of nitrogens with zero attached hydrogens (tertiary/aromatic N) is 2. The lowest BCUT2D eigenvalue weighted by Gasteiger charge is -2.24. The molecule has 4 heterocycles. The second-order valence-electron chi connectivity index (χ2n) is 8.53. The van der Waals surface area contributed by atoms with Crippen LogP contribution < -0.4 is 4.90 Å². The summed E-state index contributed by atoms with van der Waals surface area (Å²) in [6.45, 7) is 0.654. The molecule has 7 heteroatoms. The van der Waals surface area contributed by atoms with Gasteiger partial charge in [-0.3, -0.25) is 9.59 Å². The first-order chi connectivity index (χ1) is 15.1. The Kier molecular flexibility index (Phi) is 5.36. The van der Waals surface area contributed by atoms with Gasteiger partial charge in [0.25, 0.3) is 5.91 Å². The van der Waals surface area contributed by atoms with Crippen molar-refractivity contribution in [1.82, 2.24) is 4.98 Å². The molecule has 2 saturated heterocycles. The van der Waals surface area contributed by atoms with Crippen molar-refractivity contribution in [3.63, 3.8) is 0 Å². The summed E-state index contributed by atoms with van der Waals surface area (Å²) in [5.41, 5.74) is 2.46. The van der Waals surface area contributed by atoms with Crippen LogP contribution in [0.1, 0.15) is 60.0 Å². The molecule has 162 valence electrons. The summed E-state index contributed by atoms with van der Waals surface area (Å²) in [5, 5.41) is 8.78. The molecule has 3 aliphatic rings. The first-order valence-corrected chi connectivity index (χ1v) is 11.0. The standard InChI is InChI=1S/C24H26N2O5/c27-21(28)9-3-1-2-7-16-19-10-11-20(31-19)22(16)23-25-17(14-30-23)24(29)26-13-12-15-6-4-5-8-18(15)26/h1-2,4-6,8,14,16,19-20,22H,3,7,9-13H2,(H,27,28). The third-order valence-corrected chi connectivity index (χ3v) is 6.68. The van der Waals surface area contributed by atoms with Crippen LogP contribution in [0, 0.1) is 5.92 Å². The van der Waals surface area contributed by atoms with Gasteiger partial charge >= 0.3 is 5.97 Å². The minimum absolute atomic E-state index is 0.0234. The molecule has 0 aliphatic carbocycles. The number of benzene rings is 1. The number of amides is 1. The highest BCUT2D eigenvalue weighted by Crippen LogP contribution is 2.50. The van der Waals surface area contributed by atoms with Gasteiger partial charge in [-0.15, -0.1) is 0 Å². The summed E-state index contributed by atoms with van der Waals surface area (Å²) in [4.78, 5) is 30.1. The van der Waals surface area contributed by atoms with Crippen molar-refractivity contribution in [3.05, 3.63) is 59.8 Å². The number of hydrogen-bond acceptors (Lipinski definition) is 5. The van der Waals surface area contributed by atoms with E-state index < -0.39 is 5.97 Å². The average Bonchev–Trinajstić information content (AvgIpc) is 3.55. The highest BCUT2D eigenvalue weighted by atomic mass is 16.5. The van der Waals surface area contributed by atoms with Crippen LogP contribution in [-0.4, -0.2) is 40.7 Å². The second-order valence-corrected chi connectivity index (χ2v) is 8.53. The third-order valence-electron chi connectivity index (χ3n) is 6.68. The Labute approximate surface area is 180 Å². The molecule has 1 amide bonds. The SMILES string of the molecule is O=C(O)CCC=CCC1C2CCC(O2)C1c1nc(C(=O)N2CCc3ccccc32)co1. The van der Waals surface area contributed by atoms with Crippen LogP contribution in [0.15, 0.2) is 47.1 Å². The molecule has 5 rings (SSSR count). The van der Waals surface area contributed by atoms with Crippen molar-refractivity contribution >= 4 is 17.6 Å². The van der Waals surface area contributed by atoms with Gasteiger partial charge in [-0.2, -0.15) is 0 Å². The lowest BCUT2D eigenvalue weighted by Crippen LogP contribution is -2.29. The molecule has 4 atom stereocenters. The van der Waals surface area contributed by atoms with Crippen molar-refractivity contribution in [1.29, 1.82) is 0 Å². The number of fused-ring (bicyclic) bond motifs is 3. The largest absolute Gasteiger partial charge is 0.481 e. The number of carbonyl (C=O) groups excluding carboxylic acids is 1. The quantitative estimate of drug-likeness (QED) is 0.679. The number of carboxylic acids is 1. The number of aromatic nitrogens is 1. The number of oxazole rings is 1. The Morgan fingerprint density at radius 2 is 2.03 bits per heavy atom. The fraction of sp³-hybridized carbons (Fsp3) is 0.458. The average molecular weight is 422 g/mol. The van der Waals surface area contributed by atoms with Crippen LogP contribution in [0.2, 0.25) is 0 Å². The molecule has 7 nitrogen and oxygen atoms in total. The van der Waals surface area contributed by atoms with Crippen molar-refractivity contribution in [2.45, 2.75) is 56.7 Å². The minimum Gasteiger partial charge on any atom is -0.481 e. The van der Waals surface area contributed by atoms with E-state index in [2.05, 4.69) is 11.1 Å². The normalized spacial score (nSPS) is 26.6. The van der Waals surface area contributed by atoms with Crippen LogP contribution in [0.5, 0.6) is 0 Å². The van der Waals surface area contributed by atoms with Crippen molar-refractivity contribution < 1.29 is 23.8 Å². The number of allylic oxidation sites excluding steroid dienone is 2. The fourth-order valence-corrected chi connectivity index (χ4v) is 5.22. The summed E-state index contributed by atoms with van der Waals surface area (Å²) in [6, 6.07) is 7.96. The number of ether oxygens (including phenoxy) is 1. The van der Waals surface area contributed by atoms with Crippen LogP contribution in [0.25, 0.3) is 0 Å². The zero-order chi connectivity index (χ0) is 21.4. The van der Waals surface area contributed by atoms with Gasteiger partial charge in [-0.25, -0.2) is 4.98 Å². The van der Waals surface area contributed by atoms with Gasteiger partial charge in [0.2, 0.25) is 5.89 Å². The van der Waals surface area contributed by atoms with Crippen molar-refractivity contribution in [2.24, 2.45) is 5.92 Å². The van der Waals surface area contributed by atoms with Gasteiger partial charge in [0, 0.05) is 24.6 Å². The number of para-hydroxylation sites is 1. The molecule has 2 aromatic rings. The molecule has 2 bridgehead atoms. The Balaban J connectivity index is 1.30. The van der Waals surface area contributed by atoms with Gasteiger partial charge in [0.1, 0.15) is 6.26 Å². The van der Waals surface area contributed by atoms with Crippen LogP contribution in [0.3, 0.4) is 0 Å². The molecule has 3 aliphatic heterocycles. The summed E-state index contributed by atoms with van der Waals surface area (Å²) in [5.74, 6) is -0.0891. The smallest absolute Gasteiger partial charge is 0.303 e. The number of rotatable bonds is 7. The Hall–Kier alpha value is -2.93. The molecular formula is C24H26N2O5. The third kappa shape index (κ3) is 3.78. The van der Waals surface area contributed by atoms with Gasteiger partial charge in [-0.1, -0.05) is 30.4 Å². The molecule has 0 radical (unpaired) electrons. The highest BCUT2D eigenvalue weighted by Gasteiger charge is 2.51. The van der Waals surface area contributed by atoms with Crippen LogP contribution in [0.4, 0.5) is 5.69 Å². The number of anilines is 1. The van der Waals surface area contributed by atoms with E-state index in [1.165, 1.54) is 11.8 Å². The van der Waals surface area contributed by atoms with E-state index in [1.54, 1.807) is 4.90 Å². The molecule has 0 saturated carbocycles. The Morgan fingerprint density at radius 3 is 2.90 bits per heavy atom. The molecule has 4 unspecified atom stereocenters. The predicted octanol–water partition coefficient (Wildman–Crippen LogP) is 3.95.